The smallest absolute Gasteiger partial charge is 0.396 e. The van der Waals surface area contributed by atoms with Gasteiger partial charge in [0.15, 0.2) is 0 Å². The fourth-order valence-corrected chi connectivity index (χ4v) is 3.55. The molecule has 2 atom stereocenters. The molecular weight excluding hydrogens is 437 g/mol. The zero-order valence-electron chi connectivity index (χ0n) is 18.1. The lowest BCUT2D eigenvalue weighted by molar-refractivity contribution is -0.153. The fourth-order valence-electron chi connectivity index (χ4n) is 3.55. The largest absolute Gasteiger partial charge is 0.484 e. The summed E-state index contributed by atoms with van der Waals surface area (Å²) >= 11 is 0. The predicted octanol–water partition coefficient (Wildman–Crippen LogP) is 4.60. The Morgan fingerprint density at radius 3 is 2.41 bits per heavy atom. The van der Waals surface area contributed by atoms with E-state index in [9.17, 15) is 14.0 Å². The number of rotatable bonds is 6. The van der Waals surface area contributed by atoms with E-state index in [1.165, 1.54) is 12.1 Å². The van der Waals surface area contributed by atoms with Crippen LogP contribution in [0.15, 0.2) is 79.0 Å². The van der Waals surface area contributed by atoms with Gasteiger partial charge in [-0.15, -0.1) is 0 Å². The van der Waals surface area contributed by atoms with E-state index < -0.39 is 24.0 Å². The first kappa shape index (κ1) is 24.4. The molecule has 0 aliphatic heterocycles. The third kappa shape index (κ3) is 5.23. The standard InChI is InChI=1S/C25H22FN3O4.CH4/c1-16(28-24(30)25(31)32-2)23(17-6-4-3-5-7-17)33-21-12-13-22-18(14-21)15-27-29(22)20-10-8-19(26)9-11-20;/h3-16,23H,1-2H3,(H,28,30);1H4/t16-,23-;/m0./s1. The first-order valence-electron chi connectivity index (χ1n) is 10.3. The van der Waals surface area contributed by atoms with Crippen LogP contribution < -0.4 is 10.1 Å². The van der Waals surface area contributed by atoms with Gasteiger partial charge < -0.3 is 14.8 Å². The molecule has 0 unspecified atom stereocenters. The number of carbonyl (C=O) groups excluding carboxylic acids is 2. The number of halogens is 1. The number of nitrogens with one attached hydrogen (secondary N) is 1. The second kappa shape index (κ2) is 10.6. The van der Waals surface area contributed by atoms with Crippen LogP contribution in [0.4, 0.5) is 4.39 Å². The zero-order valence-corrected chi connectivity index (χ0v) is 18.1. The fraction of sp³-hybridized carbons (Fsp3) is 0.192. The summed E-state index contributed by atoms with van der Waals surface area (Å²) in [6.45, 7) is 1.75. The quantitative estimate of drug-likeness (QED) is 0.334. The van der Waals surface area contributed by atoms with Crippen LogP contribution in [0.2, 0.25) is 0 Å². The van der Waals surface area contributed by atoms with Crippen molar-refractivity contribution in [2.75, 3.05) is 7.11 Å². The second-order valence-electron chi connectivity index (χ2n) is 7.46. The van der Waals surface area contributed by atoms with E-state index in [0.29, 0.717) is 5.75 Å². The summed E-state index contributed by atoms with van der Waals surface area (Å²) in [6, 6.07) is 20.4. The highest BCUT2D eigenvalue weighted by molar-refractivity contribution is 6.32. The lowest BCUT2D eigenvalue weighted by Gasteiger charge is -2.26. The van der Waals surface area contributed by atoms with Gasteiger partial charge in [0.05, 0.1) is 30.6 Å². The number of hydrogen-bond donors (Lipinski definition) is 1. The van der Waals surface area contributed by atoms with Gasteiger partial charge in [0.1, 0.15) is 17.7 Å². The molecule has 0 aliphatic carbocycles. The van der Waals surface area contributed by atoms with Crippen LogP contribution in [0.25, 0.3) is 16.6 Å². The lowest BCUT2D eigenvalue weighted by Crippen LogP contribution is -2.42. The summed E-state index contributed by atoms with van der Waals surface area (Å²) < 4.78 is 25.7. The van der Waals surface area contributed by atoms with E-state index in [1.807, 2.05) is 42.5 Å². The highest BCUT2D eigenvalue weighted by atomic mass is 19.1. The number of aromatic nitrogens is 2. The molecule has 0 bridgehead atoms. The predicted molar refractivity (Wildman–Crippen MR) is 127 cm³/mol. The molecule has 34 heavy (non-hydrogen) atoms. The van der Waals surface area contributed by atoms with Gasteiger partial charge in [-0.05, 0) is 55.0 Å². The monoisotopic (exact) mass is 463 g/mol. The van der Waals surface area contributed by atoms with Crippen molar-refractivity contribution in [1.29, 1.82) is 0 Å². The Kier molecular flexibility index (Phi) is 7.63. The topological polar surface area (TPSA) is 82.5 Å². The van der Waals surface area contributed by atoms with E-state index >= 15 is 0 Å². The molecule has 0 aliphatic rings. The van der Waals surface area contributed by atoms with E-state index in [0.717, 1.165) is 29.3 Å². The van der Waals surface area contributed by atoms with Gasteiger partial charge in [0.2, 0.25) is 0 Å². The number of esters is 1. The number of methoxy groups -OCH3 is 1. The van der Waals surface area contributed by atoms with Gasteiger partial charge in [0.25, 0.3) is 0 Å². The zero-order chi connectivity index (χ0) is 23.4. The molecule has 1 heterocycles. The van der Waals surface area contributed by atoms with E-state index in [-0.39, 0.29) is 13.2 Å². The van der Waals surface area contributed by atoms with Crippen LogP contribution in [0.1, 0.15) is 26.0 Å². The Labute approximate surface area is 197 Å². The van der Waals surface area contributed by atoms with Crippen molar-refractivity contribution in [2.24, 2.45) is 0 Å². The molecule has 0 saturated carbocycles. The molecular formula is C26H26FN3O4. The molecule has 4 aromatic rings. The molecule has 1 aromatic heterocycles. The maximum absolute atomic E-state index is 13.3. The molecule has 7 nitrogen and oxygen atoms in total. The summed E-state index contributed by atoms with van der Waals surface area (Å²) in [7, 11) is 1.15. The van der Waals surface area contributed by atoms with E-state index in [4.69, 9.17) is 4.74 Å². The first-order valence-corrected chi connectivity index (χ1v) is 10.3. The summed E-state index contributed by atoms with van der Waals surface area (Å²) in [4.78, 5) is 23.6. The molecule has 0 saturated heterocycles. The van der Waals surface area contributed by atoms with Crippen molar-refractivity contribution >= 4 is 22.8 Å². The van der Waals surface area contributed by atoms with Crippen molar-refractivity contribution in [1.82, 2.24) is 15.1 Å². The number of hydrogen-bond acceptors (Lipinski definition) is 5. The average Bonchev–Trinajstić information content (AvgIpc) is 3.26. The molecule has 0 spiro atoms. The third-order valence-electron chi connectivity index (χ3n) is 5.19. The van der Waals surface area contributed by atoms with Crippen molar-refractivity contribution in [3.63, 3.8) is 0 Å². The Balaban J connectivity index is 0.00000324. The lowest BCUT2D eigenvalue weighted by atomic mass is 10.0. The van der Waals surface area contributed by atoms with Gasteiger partial charge in [-0.25, -0.2) is 13.9 Å². The molecule has 1 amide bonds. The minimum absolute atomic E-state index is 0. The summed E-state index contributed by atoms with van der Waals surface area (Å²) in [6.07, 6.45) is 1.13. The maximum atomic E-state index is 13.3. The van der Waals surface area contributed by atoms with Gasteiger partial charge in [-0.3, -0.25) is 4.79 Å². The highest BCUT2D eigenvalue weighted by Gasteiger charge is 2.26. The first-order chi connectivity index (χ1) is 16.0. The SMILES string of the molecule is C.COC(=O)C(=O)N[C@@H](C)[C@H](Oc1ccc2c(cnn2-c2ccc(F)cc2)c1)c1ccccc1. The summed E-state index contributed by atoms with van der Waals surface area (Å²) in [5.41, 5.74) is 2.40. The Hall–Kier alpha value is -4.20. The number of nitrogens with zero attached hydrogens (tertiary/aromatic N) is 2. The van der Waals surface area contributed by atoms with Crippen LogP contribution in [0.3, 0.4) is 0 Å². The normalized spacial score (nSPS) is 12.3. The minimum Gasteiger partial charge on any atom is -0.484 e. The molecule has 176 valence electrons. The Morgan fingerprint density at radius 1 is 1.03 bits per heavy atom. The third-order valence-corrected chi connectivity index (χ3v) is 5.19. The van der Waals surface area contributed by atoms with Crippen molar-refractivity contribution in [3.8, 4) is 11.4 Å². The molecule has 0 fully saturated rings. The van der Waals surface area contributed by atoms with Crippen molar-refractivity contribution in [2.45, 2.75) is 26.5 Å². The summed E-state index contributed by atoms with van der Waals surface area (Å²) in [5, 5.41) is 7.87. The Bertz CT molecular complexity index is 1270. The maximum Gasteiger partial charge on any atom is 0.396 e. The number of fused-ring (bicyclic) bond motifs is 1. The highest BCUT2D eigenvalue weighted by Crippen LogP contribution is 2.29. The van der Waals surface area contributed by atoms with Gasteiger partial charge in [-0.2, -0.15) is 5.10 Å². The number of carbonyl (C=O) groups is 2. The molecule has 4 rings (SSSR count). The van der Waals surface area contributed by atoms with Gasteiger partial charge >= 0.3 is 11.9 Å². The number of benzene rings is 3. The van der Waals surface area contributed by atoms with Crippen LogP contribution >= 0.6 is 0 Å². The molecule has 3 aromatic carbocycles. The van der Waals surface area contributed by atoms with Crippen molar-refractivity contribution in [3.05, 3.63) is 90.4 Å². The average molecular weight is 464 g/mol. The molecule has 1 N–H and O–H groups in total. The molecule has 0 radical (unpaired) electrons. The van der Waals surface area contributed by atoms with Gasteiger partial charge in [-0.1, -0.05) is 37.8 Å². The van der Waals surface area contributed by atoms with Crippen LogP contribution in [-0.4, -0.2) is 34.8 Å². The van der Waals surface area contributed by atoms with Crippen LogP contribution in [0, 0.1) is 5.82 Å². The van der Waals surface area contributed by atoms with Crippen LogP contribution in [-0.2, 0) is 14.3 Å². The molecule has 8 heteroatoms. The van der Waals surface area contributed by atoms with E-state index in [2.05, 4.69) is 15.2 Å². The minimum atomic E-state index is -0.969. The number of amides is 1. The van der Waals surface area contributed by atoms with E-state index in [1.54, 1.807) is 36.0 Å². The van der Waals surface area contributed by atoms with Gasteiger partial charge in [0, 0.05) is 5.39 Å². The number of ether oxygens (including phenoxy) is 2. The van der Waals surface area contributed by atoms with Crippen molar-refractivity contribution < 1.29 is 23.5 Å². The second-order valence-corrected chi connectivity index (χ2v) is 7.46. The van der Waals surface area contributed by atoms with Crippen LogP contribution in [0.5, 0.6) is 5.75 Å². The Morgan fingerprint density at radius 2 is 1.74 bits per heavy atom. The summed E-state index contributed by atoms with van der Waals surface area (Å²) in [5.74, 6) is -1.56.